The molecule has 24 heavy (non-hydrogen) atoms. The molecule has 0 aliphatic rings. The van der Waals surface area contributed by atoms with Crippen LogP contribution in [0.15, 0.2) is 0 Å². The van der Waals surface area contributed by atoms with Gasteiger partial charge in [0.2, 0.25) is 0 Å². The van der Waals surface area contributed by atoms with E-state index in [1.165, 1.54) is 12.8 Å². The second kappa shape index (κ2) is 14.3. The van der Waals surface area contributed by atoms with Crippen LogP contribution in [0.2, 0.25) is 0 Å². The van der Waals surface area contributed by atoms with E-state index in [1.54, 1.807) is 0 Å². The Kier molecular flexibility index (Phi) is 13.6. The zero-order valence-corrected chi connectivity index (χ0v) is 16.1. The van der Waals surface area contributed by atoms with Gasteiger partial charge in [-0.15, -0.1) is 0 Å². The highest BCUT2D eigenvalue weighted by molar-refractivity contribution is 5.73. The van der Waals surface area contributed by atoms with E-state index in [-0.39, 0.29) is 18.3 Å². The van der Waals surface area contributed by atoms with Crippen molar-refractivity contribution in [1.29, 1.82) is 0 Å². The first kappa shape index (κ1) is 22.9. The number of ether oxygens (including phenoxy) is 1. The number of carboxylic acids is 1. The summed E-state index contributed by atoms with van der Waals surface area (Å²) in [5.74, 6) is -1.23. The number of nitrogens with zero attached hydrogens (tertiary/aromatic N) is 1. The van der Waals surface area contributed by atoms with E-state index in [0.717, 1.165) is 45.1 Å². The van der Waals surface area contributed by atoms with Gasteiger partial charge in [0.05, 0.1) is 12.3 Å². The lowest BCUT2D eigenvalue weighted by Crippen LogP contribution is -2.35. The van der Waals surface area contributed by atoms with Gasteiger partial charge in [0, 0.05) is 6.54 Å². The van der Waals surface area contributed by atoms with E-state index in [2.05, 4.69) is 13.8 Å². The van der Waals surface area contributed by atoms with Gasteiger partial charge < -0.3 is 14.7 Å². The fraction of sp³-hybridized carbons (Fsp3) is 0.895. The summed E-state index contributed by atoms with van der Waals surface area (Å²) in [4.78, 5) is 25.6. The van der Waals surface area contributed by atoms with E-state index >= 15 is 0 Å². The molecular formula is C19H37NO4. The van der Waals surface area contributed by atoms with Crippen LogP contribution in [-0.4, -0.2) is 48.2 Å². The van der Waals surface area contributed by atoms with Crippen molar-refractivity contribution in [2.24, 2.45) is 5.92 Å². The van der Waals surface area contributed by atoms with Gasteiger partial charge in [-0.3, -0.25) is 9.59 Å². The van der Waals surface area contributed by atoms with Crippen molar-refractivity contribution in [2.45, 2.75) is 84.7 Å². The molecule has 0 aliphatic carbocycles. The first-order chi connectivity index (χ1) is 11.4. The van der Waals surface area contributed by atoms with Gasteiger partial charge in [-0.05, 0) is 26.4 Å². The first-order valence-electron chi connectivity index (χ1n) is 9.55. The monoisotopic (exact) mass is 343 g/mol. The molecule has 0 saturated carbocycles. The summed E-state index contributed by atoms with van der Waals surface area (Å²) in [5, 5.41) is 9.05. The minimum absolute atomic E-state index is 0.0926. The van der Waals surface area contributed by atoms with Crippen molar-refractivity contribution in [3.63, 3.8) is 0 Å². The number of hydrogen-bond donors (Lipinski definition) is 1. The topological polar surface area (TPSA) is 66.8 Å². The predicted octanol–water partition coefficient (Wildman–Crippen LogP) is 4.10. The Labute approximate surface area is 147 Å². The van der Waals surface area contributed by atoms with Crippen LogP contribution in [0, 0.1) is 5.92 Å². The highest BCUT2D eigenvalue weighted by atomic mass is 16.5. The van der Waals surface area contributed by atoms with E-state index < -0.39 is 12.1 Å². The molecule has 0 aromatic heterocycles. The minimum Gasteiger partial charge on any atom is -0.481 e. The quantitative estimate of drug-likeness (QED) is 0.358. The maximum Gasteiger partial charge on any atom is 0.309 e. The van der Waals surface area contributed by atoms with Crippen molar-refractivity contribution in [3.05, 3.63) is 0 Å². The molecule has 5 nitrogen and oxygen atoms in total. The molecule has 0 aromatic carbocycles. The number of carboxylic acid groups (broad SMARTS) is 1. The lowest BCUT2D eigenvalue weighted by Gasteiger charge is -2.24. The van der Waals surface area contributed by atoms with Crippen LogP contribution in [0.1, 0.15) is 78.6 Å². The van der Waals surface area contributed by atoms with E-state index in [0.29, 0.717) is 6.54 Å². The summed E-state index contributed by atoms with van der Waals surface area (Å²) in [5.41, 5.74) is 0. The summed E-state index contributed by atoms with van der Waals surface area (Å²) in [6.45, 7) is 7.54. The van der Waals surface area contributed by atoms with Gasteiger partial charge >= 0.3 is 11.9 Å². The summed E-state index contributed by atoms with van der Waals surface area (Å²) < 4.78 is 5.59. The van der Waals surface area contributed by atoms with E-state index in [4.69, 9.17) is 9.84 Å². The summed E-state index contributed by atoms with van der Waals surface area (Å²) in [6.07, 6.45) is 7.59. The van der Waals surface area contributed by atoms with Crippen LogP contribution in [-0.2, 0) is 14.3 Å². The Bertz CT molecular complexity index is 346. The molecule has 1 N–H and O–H groups in total. The molecule has 0 radical (unpaired) electrons. The number of likely N-dealkylation sites (N-methyl/N-ethyl adjacent to an activating group) is 1. The Balaban J connectivity index is 4.64. The van der Waals surface area contributed by atoms with Gasteiger partial charge in [-0.2, -0.15) is 0 Å². The summed E-state index contributed by atoms with van der Waals surface area (Å²) in [6, 6.07) is 0. The second-order valence-corrected chi connectivity index (χ2v) is 6.70. The molecule has 0 bridgehead atoms. The maximum absolute atomic E-state index is 12.5. The van der Waals surface area contributed by atoms with E-state index in [1.807, 2.05) is 18.9 Å². The van der Waals surface area contributed by atoms with Crippen LogP contribution < -0.4 is 0 Å². The number of esters is 1. The molecule has 0 aliphatic heterocycles. The molecular weight excluding hydrogens is 306 g/mol. The molecule has 0 amide bonds. The lowest BCUT2D eigenvalue weighted by molar-refractivity contribution is -0.158. The zero-order chi connectivity index (χ0) is 18.4. The fourth-order valence-corrected chi connectivity index (χ4v) is 2.72. The van der Waals surface area contributed by atoms with Crippen molar-refractivity contribution in [2.75, 3.05) is 20.1 Å². The third kappa shape index (κ3) is 11.4. The average molecular weight is 344 g/mol. The van der Waals surface area contributed by atoms with Crippen LogP contribution in [0.3, 0.4) is 0 Å². The Hall–Kier alpha value is -1.10. The Morgan fingerprint density at radius 1 is 1.00 bits per heavy atom. The highest BCUT2D eigenvalue weighted by Gasteiger charge is 2.25. The molecule has 0 rings (SSSR count). The van der Waals surface area contributed by atoms with Crippen molar-refractivity contribution in [1.82, 2.24) is 4.90 Å². The molecule has 0 heterocycles. The molecule has 2 unspecified atom stereocenters. The van der Waals surface area contributed by atoms with Crippen molar-refractivity contribution >= 4 is 11.9 Å². The third-order valence-corrected chi connectivity index (χ3v) is 4.39. The minimum atomic E-state index is -0.926. The number of unbranched alkanes of at least 4 members (excludes halogenated alkanes) is 4. The number of carbonyl (C=O) groups excluding carboxylic acids is 1. The summed E-state index contributed by atoms with van der Waals surface area (Å²) in [7, 11) is 1.90. The van der Waals surface area contributed by atoms with Crippen LogP contribution in [0.4, 0.5) is 0 Å². The van der Waals surface area contributed by atoms with Crippen LogP contribution >= 0.6 is 0 Å². The molecule has 0 aromatic rings. The SMILES string of the molecule is CCCCCCC(CCCC)C(=O)OC(CC(=O)O)CN(C)CC. The standard InChI is InChI=1S/C19H37NO4/c1-5-8-10-11-13-16(12-9-6-2)19(23)24-17(14-18(21)22)15-20(4)7-3/h16-17H,5-15H2,1-4H3,(H,21,22). The Morgan fingerprint density at radius 3 is 2.17 bits per heavy atom. The molecule has 0 spiro atoms. The van der Waals surface area contributed by atoms with Gasteiger partial charge in [0.15, 0.2) is 0 Å². The van der Waals surface area contributed by atoms with Crippen molar-refractivity contribution < 1.29 is 19.4 Å². The highest BCUT2D eigenvalue weighted by Crippen LogP contribution is 2.20. The normalized spacial score (nSPS) is 13.7. The molecule has 5 heteroatoms. The number of aliphatic carboxylic acids is 1. The number of hydrogen-bond acceptors (Lipinski definition) is 4. The first-order valence-corrected chi connectivity index (χ1v) is 9.55. The second-order valence-electron chi connectivity index (χ2n) is 6.70. The maximum atomic E-state index is 12.5. The molecule has 0 fully saturated rings. The van der Waals surface area contributed by atoms with Crippen LogP contribution in [0.5, 0.6) is 0 Å². The van der Waals surface area contributed by atoms with Crippen molar-refractivity contribution in [3.8, 4) is 0 Å². The van der Waals surface area contributed by atoms with Gasteiger partial charge in [-0.25, -0.2) is 0 Å². The number of carbonyl (C=O) groups is 2. The smallest absolute Gasteiger partial charge is 0.309 e. The lowest BCUT2D eigenvalue weighted by atomic mass is 9.95. The average Bonchev–Trinajstić information content (AvgIpc) is 2.53. The Morgan fingerprint density at radius 2 is 1.62 bits per heavy atom. The summed E-state index contributed by atoms with van der Waals surface area (Å²) >= 11 is 0. The zero-order valence-electron chi connectivity index (χ0n) is 16.1. The molecule has 2 atom stereocenters. The number of rotatable bonds is 15. The third-order valence-electron chi connectivity index (χ3n) is 4.39. The molecule has 142 valence electrons. The van der Waals surface area contributed by atoms with Gasteiger partial charge in [0.25, 0.3) is 0 Å². The fourth-order valence-electron chi connectivity index (χ4n) is 2.72. The van der Waals surface area contributed by atoms with Gasteiger partial charge in [0.1, 0.15) is 6.10 Å². The van der Waals surface area contributed by atoms with E-state index in [9.17, 15) is 9.59 Å². The van der Waals surface area contributed by atoms with Gasteiger partial charge in [-0.1, -0.05) is 59.3 Å². The largest absolute Gasteiger partial charge is 0.481 e. The predicted molar refractivity (Wildman–Crippen MR) is 97.1 cm³/mol. The van der Waals surface area contributed by atoms with Crippen LogP contribution in [0.25, 0.3) is 0 Å². The molecule has 0 saturated heterocycles.